The van der Waals surface area contributed by atoms with Crippen LogP contribution in [0.4, 0.5) is 5.69 Å². The van der Waals surface area contributed by atoms with E-state index in [2.05, 4.69) is 18.2 Å². The first-order chi connectivity index (χ1) is 7.56. The summed E-state index contributed by atoms with van der Waals surface area (Å²) in [4.78, 5) is 0. The number of nitrogen functional groups attached to an aromatic ring is 1. The van der Waals surface area contributed by atoms with Crippen LogP contribution in [0.3, 0.4) is 0 Å². The number of hydrogen-bond donors (Lipinski definition) is 2. The van der Waals surface area contributed by atoms with E-state index in [4.69, 9.17) is 5.73 Å². The third-order valence-electron chi connectivity index (χ3n) is 2.55. The van der Waals surface area contributed by atoms with Crippen molar-refractivity contribution in [3.8, 4) is 16.9 Å². The van der Waals surface area contributed by atoms with Gasteiger partial charge in [-0.05, 0) is 31.5 Å². The molecule has 2 rings (SSSR count). The van der Waals surface area contributed by atoms with E-state index in [9.17, 15) is 5.11 Å². The monoisotopic (exact) mass is 249 g/mol. The predicted molar refractivity (Wildman–Crippen MR) is 74.7 cm³/mol. The maximum absolute atomic E-state index is 9.85. The van der Waals surface area contributed by atoms with Gasteiger partial charge < -0.3 is 10.8 Å². The molecule has 0 atom stereocenters. The van der Waals surface area contributed by atoms with Crippen molar-refractivity contribution in [3.05, 3.63) is 47.5 Å². The fraction of sp³-hybridized carbons (Fsp3) is 0.143. The summed E-state index contributed by atoms with van der Waals surface area (Å²) in [5, 5.41) is 9.85. The minimum atomic E-state index is 0. The molecule has 0 aromatic heterocycles. The molecule has 0 radical (unpaired) electrons. The molecule has 90 valence electrons. The van der Waals surface area contributed by atoms with Crippen LogP contribution in [-0.2, 0) is 0 Å². The summed E-state index contributed by atoms with van der Waals surface area (Å²) < 4.78 is 0. The number of nitrogens with two attached hydrogens (primary N) is 1. The molecule has 0 spiro atoms. The van der Waals surface area contributed by atoms with Crippen molar-refractivity contribution in [1.29, 1.82) is 0 Å². The van der Waals surface area contributed by atoms with Crippen molar-refractivity contribution in [3.63, 3.8) is 0 Å². The number of phenols is 1. The van der Waals surface area contributed by atoms with Crippen LogP contribution in [-0.4, -0.2) is 5.11 Å². The molecule has 0 bridgehead atoms. The first kappa shape index (κ1) is 13.4. The highest BCUT2D eigenvalue weighted by Gasteiger charge is 2.05. The molecule has 0 unspecified atom stereocenters. The number of benzene rings is 2. The van der Waals surface area contributed by atoms with Gasteiger partial charge in [-0.2, -0.15) is 0 Å². The van der Waals surface area contributed by atoms with E-state index < -0.39 is 0 Å². The van der Waals surface area contributed by atoms with Crippen molar-refractivity contribution in [1.82, 2.24) is 0 Å². The molecule has 3 heteroatoms. The molecule has 17 heavy (non-hydrogen) atoms. The van der Waals surface area contributed by atoms with E-state index in [-0.39, 0.29) is 18.2 Å². The zero-order valence-corrected chi connectivity index (χ0v) is 10.7. The summed E-state index contributed by atoms with van der Waals surface area (Å²) in [5.41, 5.74) is 10.4. The van der Waals surface area contributed by atoms with Crippen LogP contribution in [0.15, 0.2) is 36.4 Å². The van der Waals surface area contributed by atoms with Gasteiger partial charge in [-0.1, -0.05) is 29.3 Å². The largest absolute Gasteiger partial charge is 0.507 e. The molecule has 0 aliphatic carbocycles. The van der Waals surface area contributed by atoms with Crippen LogP contribution >= 0.6 is 12.4 Å². The Morgan fingerprint density at radius 1 is 0.941 bits per heavy atom. The Labute approximate surface area is 108 Å². The van der Waals surface area contributed by atoms with Crippen LogP contribution in [0.1, 0.15) is 11.1 Å². The number of aryl methyl sites for hydroxylation is 2. The summed E-state index contributed by atoms with van der Waals surface area (Å²) in [6.07, 6.45) is 0. The van der Waals surface area contributed by atoms with Crippen molar-refractivity contribution in [2.24, 2.45) is 0 Å². The van der Waals surface area contributed by atoms with Crippen molar-refractivity contribution >= 4 is 18.1 Å². The van der Waals surface area contributed by atoms with Gasteiger partial charge in [0.25, 0.3) is 0 Å². The van der Waals surface area contributed by atoms with Gasteiger partial charge in [-0.15, -0.1) is 12.4 Å². The lowest BCUT2D eigenvalue weighted by atomic mass is 10.00. The first-order valence-corrected chi connectivity index (χ1v) is 5.23. The van der Waals surface area contributed by atoms with Crippen molar-refractivity contribution < 1.29 is 5.11 Å². The molecule has 2 nitrogen and oxygen atoms in total. The number of rotatable bonds is 1. The van der Waals surface area contributed by atoms with Gasteiger partial charge in [0, 0.05) is 17.3 Å². The average Bonchev–Trinajstić information content (AvgIpc) is 2.15. The lowest BCUT2D eigenvalue weighted by molar-refractivity contribution is 0.477. The van der Waals surface area contributed by atoms with E-state index in [1.165, 1.54) is 11.1 Å². The summed E-state index contributed by atoms with van der Waals surface area (Å²) >= 11 is 0. The minimum absolute atomic E-state index is 0. The topological polar surface area (TPSA) is 46.2 Å². The second-order valence-corrected chi connectivity index (χ2v) is 4.15. The summed E-state index contributed by atoms with van der Waals surface area (Å²) in [5.74, 6) is 0.227. The maximum Gasteiger partial charge on any atom is 0.125 e. The van der Waals surface area contributed by atoms with E-state index in [1.807, 2.05) is 19.9 Å². The third-order valence-corrected chi connectivity index (χ3v) is 2.55. The van der Waals surface area contributed by atoms with Gasteiger partial charge >= 0.3 is 0 Å². The first-order valence-electron chi connectivity index (χ1n) is 5.23. The third kappa shape index (κ3) is 2.92. The van der Waals surface area contributed by atoms with E-state index >= 15 is 0 Å². The van der Waals surface area contributed by atoms with Gasteiger partial charge in [-0.3, -0.25) is 0 Å². The average molecular weight is 250 g/mol. The molecular weight excluding hydrogens is 234 g/mol. The molecule has 0 amide bonds. The summed E-state index contributed by atoms with van der Waals surface area (Å²) in [6.45, 7) is 4.09. The molecule has 0 aliphatic rings. The van der Waals surface area contributed by atoms with Crippen LogP contribution in [0, 0.1) is 13.8 Å². The minimum Gasteiger partial charge on any atom is -0.507 e. The Morgan fingerprint density at radius 3 is 2.06 bits per heavy atom. The Balaban J connectivity index is 0.00000144. The van der Waals surface area contributed by atoms with E-state index in [0.717, 1.165) is 11.1 Å². The van der Waals surface area contributed by atoms with Crippen LogP contribution < -0.4 is 5.73 Å². The van der Waals surface area contributed by atoms with Crippen LogP contribution in [0.2, 0.25) is 0 Å². The van der Waals surface area contributed by atoms with E-state index in [1.54, 1.807) is 12.1 Å². The van der Waals surface area contributed by atoms with E-state index in [0.29, 0.717) is 5.69 Å². The summed E-state index contributed by atoms with van der Waals surface area (Å²) in [7, 11) is 0. The van der Waals surface area contributed by atoms with Gasteiger partial charge in [0.05, 0.1) is 0 Å². The number of phenolic OH excluding ortho intramolecular Hbond substituents is 1. The second-order valence-electron chi connectivity index (χ2n) is 4.15. The molecular formula is C14H16ClNO. The molecule has 3 N–H and O–H groups in total. The quantitative estimate of drug-likeness (QED) is 0.758. The fourth-order valence-corrected chi connectivity index (χ4v) is 1.92. The zero-order valence-electron chi connectivity index (χ0n) is 9.90. The molecule has 2 aromatic rings. The Kier molecular flexibility index (Phi) is 4.02. The van der Waals surface area contributed by atoms with Gasteiger partial charge in [-0.25, -0.2) is 0 Å². The van der Waals surface area contributed by atoms with Crippen molar-refractivity contribution in [2.75, 3.05) is 5.73 Å². The van der Waals surface area contributed by atoms with Gasteiger partial charge in [0.2, 0.25) is 0 Å². The molecule has 0 saturated carbocycles. The Hall–Kier alpha value is -1.67. The highest BCUT2D eigenvalue weighted by molar-refractivity contribution is 5.85. The van der Waals surface area contributed by atoms with Crippen LogP contribution in [0.25, 0.3) is 11.1 Å². The van der Waals surface area contributed by atoms with Gasteiger partial charge in [0.15, 0.2) is 0 Å². The lowest BCUT2D eigenvalue weighted by Gasteiger charge is -2.08. The number of anilines is 1. The molecule has 0 heterocycles. The highest BCUT2D eigenvalue weighted by Crippen LogP contribution is 2.31. The predicted octanol–water partition coefficient (Wildman–Crippen LogP) is 3.68. The number of aromatic hydroxyl groups is 1. The molecule has 0 aliphatic heterocycles. The number of halogens is 1. The molecule has 0 fully saturated rings. The van der Waals surface area contributed by atoms with Crippen molar-refractivity contribution in [2.45, 2.75) is 13.8 Å². The highest BCUT2D eigenvalue weighted by atomic mass is 35.5. The fourth-order valence-electron chi connectivity index (χ4n) is 1.92. The SMILES string of the molecule is Cc1cc(C)cc(-c2ccc(N)cc2O)c1.Cl. The smallest absolute Gasteiger partial charge is 0.125 e. The Morgan fingerprint density at radius 2 is 1.53 bits per heavy atom. The normalized spacial score (nSPS) is 9.76. The molecule has 2 aromatic carbocycles. The summed E-state index contributed by atoms with van der Waals surface area (Å²) in [6, 6.07) is 11.4. The Bertz CT molecular complexity index is 517. The van der Waals surface area contributed by atoms with Gasteiger partial charge in [0.1, 0.15) is 5.75 Å². The molecule has 0 saturated heterocycles. The second kappa shape index (κ2) is 5.11. The maximum atomic E-state index is 9.85. The number of hydrogen-bond acceptors (Lipinski definition) is 2. The standard InChI is InChI=1S/C14H15NO.ClH/c1-9-5-10(2)7-11(6-9)13-4-3-12(15)8-14(13)16;/h3-8,16H,15H2,1-2H3;1H. The lowest BCUT2D eigenvalue weighted by Crippen LogP contribution is -1.87. The zero-order chi connectivity index (χ0) is 11.7. The van der Waals surface area contributed by atoms with Crippen LogP contribution in [0.5, 0.6) is 5.75 Å².